The van der Waals surface area contributed by atoms with Crippen LogP contribution in [-0.4, -0.2) is 44.0 Å². The maximum atomic E-state index is 13.5. The van der Waals surface area contributed by atoms with E-state index < -0.39 is 17.4 Å². The van der Waals surface area contributed by atoms with Gasteiger partial charge < -0.3 is 19.5 Å². The first-order chi connectivity index (χ1) is 18.3. The van der Waals surface area contributed by atoms with Gasteiger partial charge in [0.2, 0.25) is 0 Å². The third-order valence-electron chi connectivity index (χ3n) is 6.84. The number of benzene rings is 1. The summed E-state index contributed by atoms with van der Waals surface area (Å²) in [5, 5.41) is 12.1. The molecule has 2 aliphatic rings. The van der Waals surface area contributed by atoms with E-state index in [2.05, 4.69) is 15.5 Å². The lowest BCUT2D eigenvalue weighted by Gasteiger charge is -2.21. The number of hydrogen-bond donors (Lipinski definition) is 1. The van der Waals surface area contributed by atoms with Gasteiger partial charge in [0.1, 0.15) is 17.9 Å². The molecule has 3 heterocycles. The second kappa shape index (κ2) is 11.3. The summed E-state index contributed by atoms with van der Waals surface area (Å²) in [7, 11) is 0. The van der Waals surface area contributed by atoms with Gasteiger partial charge in [-0.25, -0.2) is 4.68 Å². The number of ether oxygens (including phenoxy) is 3. The van der Waals surface area contributed by atoms with Crippen molar-refractivity contribution in [2.24, 2.45) is 5.92 Å². The Bertz CT molecular complexity index is 1330. The molecule has 1 saturated heterocycles. The fourth-order valence-electron chi connectivity index (χ4n) is 5.03. The molecule has 202 valence electrons. The van der Waals surface area contributed by atoms with E-state index in [0.717, 1.165) is 25.7 Å². The Kier molecular flexibility index (Phi) is 7.83. The number of carbonyl (C=O) groups excluding carboxylic acids is 1. The van der Waals surface area contributed by atoms with Crippen molar-refractivity contribution < 1.29 is 19.0 Å². The third-order valence-corrected chi connectivity index (χ3v) is 7.16. The van der Waals surface area contributed by atoms with Gasteiger partial charge >= 0.3 is 0 Å². The first-order valence-corrected chi connectivity index (χ1v) is 13.3. The van der Waals surface area contributed by atoms with E-state index in [1.807, 2.05) is 13.8 Å². The van der Waals surface area contributed by atoms with Crippen LogP contribution >= 0.6 is 11.6 Å². The Labute approximate surface area is 225 Å². The summed E-state index contributed by atoms with van der Waals surface area (Å²) in [6.45, 7) is 4.72. The summed E-state index contributed by atoms with van der Waals surface area (Å²) in [4.78, 5) is 26.6. The van der Waals surface area contributed by atoms with Crippen LogP contribution in [0.15, 0.2) is 53.6 Å². The normalized spacial score (nSPS) is 19.9. The highest BCUT2D eigenvalue weighted by Crippen LogP contribution is 2.32. The van der Waals surface area contributed by atoms with Crippen molar-refractivity contribution in [3.8, 4) is 11.5 Å². The molecule has 1 aromatic carbocycles. The lowest BCUT2D eigenvalue weighted by Crippen LogP contribution is -2.36. The van der Waals surface area contributed by atoms with Crippen molar-refractivity contribution in [3.63, 3.8) is 0 Å². The minimum Gasteiger partial charge on any atom is -0.454 e. The number of anilines is 1. The van der Waals surface area contributed by atoms with Gasteiger partial charge in [-0.05, 0) is 38.3 Å². The molecule has 2 atom stereocenters. The van der Waals surface area contributed by atoms with Crippen LogP contribution in [0.1, 0.15) is 52.0 Å². The number of rotatable bonds is 9. The average Bonchev–Trinajstić information content (AvgIpc) is 3.62. The summed E-state index contributed by atoms with van der Waals surface area (Å²) in [6.07, 6.45) is 7.91. The molecule has 5 rings (SSSR count). The summed E-state index contributed by atoms with van der Waals surface area (Å²) in [5.41, 5.74) is -0.431. The summed E-state index contributed by atoms with van der Waals surface area (Å²) in [5.74, 6) is 0.464. The lowest BCUT2D eigenvalue weighted by atomic mass is 9.98. The molecule has 0 radical (unpaired) electrons. The first kappa shape index (κ1) is 26.4. The molecule has 1 amide bonds. The van der Waals surface area contributed by atoms with Crippen molar-refractivity contribution in [3.05, 3.63) is 64.2 Å². The molecule has 0 bridgehead atoms. The van der Waals surface area contributed by atoms with Crippen LogP contribution in [0.5, 0.6) is 11.5 Å². The molecule has 2 fully saturated rings. The van der Waals surface area contributed by atoms with E-state index in [9.17, 15) is 9.59 Å². The zero-order valence-electron chi connectivity index (χ0n) is 21.5. The van der Waals surface area contributed by atoms with Crippen LogP contribution in [0, 0.1) is 5.92 Å². The molecular formula is C27H32ClN5O5. The van der Waals surface area contributed by atoms with Gasteiger partial charge in [0.25, 0.3) is 11.5 Å². The molecule has 10 nitrogen and oxygen atoms in total. The maximum absolute atomic E-state index is 13.5. The van der Waals surface area contributed by atoms with Gasteiger partial charge in [-0.15, -0.1) is 0 Å². The topological polar surface area (TPSA) is 110 Å². The van der Waals surface area contributed by atoms with Crippen molar-refractivity contribution in [1.29, 1.82) is 0 Å². The van der Waals surface area contributed by atoms with Gasteiger partial charge in [-0.2, -0.15) is 10.2 Å². The minimum absolute atomic E-state index is 0.127. The Morgan fingerprint density at radius 1 is 1.26 bits per heavy atom. The minimum atomic E-state index is -0.780. The van der Waals surface area contributed by atoms with E-state index >= 15 is 0 Å². The Morgan fingerprint density at radius 3 is 2.76 bits per heavy atom. The molecule has 1 aliphatic carbocycles. The fraction of sp³-hybridized carbons (Fsp3) is 0.481. The monoisotopic (exact) mass is 541 g/mol. The fourth-order valence-corrected chi connectivity index (χ4v) is 5.20. The van der Waals surface area contributed by atoms with E-state index in [-0.39, 0.29) is 17.8 Å². The number of nitrogens with zero attached hydrogens (tertiary/aromatic N) is 4. The van der Waals surface area contributed by atoms with Crippen LogP contribution in [-0.2, 0) is 20.8 Å². The number of nitrogens with one attached hydrogen (secondary N) is 1. The van der Waals surface area contributed by atoms with E-state index in [4.69, 9.17) is 25.8 Å². The van der Waals surface area contributed by atoms with Crippen LogP contribution < -0.4 is 15.6 Å². The van der Waals surface area contributed by atoms with Crippen molar-refractivity contribution >= 4 is 23.3 Å². The van der Waals surface area contributed by atoms with Gasteiger partial charge in [-0.3, -0.25) is 14.3 Å². The number of hydrogen-bond acceptors (Lipinski definition) is 7. The van der Waals surface area contributed by atoms with E-state index in [1.54, 1.807) is 41.2 Å². The van der Waals surface area contributed by atoms with Crippen LogP contribution in [0.25, 0.3) is 0 Å². The highest BCUT2D eigenvalue weighted by molar-refractivity contribution is 6.32. The van der Waals surface area contributed by atoms with Crippen molar-refractivity contribution in [2.45, 2.75) is 70.4 Å². The Balaban J connectivity index is 1.30. The molecule has 1 saturated carbocycles. The van der Waals surface area contributed by atoms with Gasteiger partial charge in [0.05, 0.1) is 24.4 Å². The molecule has 2 unspecified atom stereocenters. The SMILES string of the molecule is CC1(C)OCC(Cn2ccc(NC(=O)C(CC3CCCC3)n3ncc(Oc4ccccc4Cl)cc3=O)n2)O1. The summed E-state index contributed by atoms with van der Waals surface area (Å²) in [6, 6.07) is 9.25. The molecule has 1 N–H and O–H groups in total. The molecule has 11 heteroatoms. The predicted octanol–water partition coefficient (Wildman–Crippen LogP) is 4.80. The van der Waals surface area contributed by atoms with Gasteiger partial charge in [-0.1, -0.05) is 49.4 Å². The third kappa shape index (κ3) is 6.43. The molecule has 2 aromatic heterocycles. The molecule has 1 aliphatic heterocycles. The van der Waals surface area contributed by atoms with E-state index in [0.29, 0.717) is 42.1 Å². The zero-order valence-corrected chi connectivity index (χ0v) is 22.3. The average molecular weight is 542 g/mol. The molecule has 38 heavy (non-hydrogen) atoms. The number of amides is 1. The maximum Gasteiger partial charge on any atom is 0.271 e. The first-order valence-electron chi connectivity index (χ1n) is 12.9. The van der Waals surface area contributed by atoms with Gasteiger partial charge in [0.15, 0.2) is 17.4 Å². The number of halogens is 1. The highest BCUT2D eigenvalue weighted by atomic mass is 35.5. The van der Waals surface area contributed by atoms with Crippen molar-refractivity contribution in [2.75, 3.05) is 11.9 Å². The predicted molar refractivity (Wildman–Crippen MR) is 141 cm³/mol. The second-order valence-electron chi connectivity index (χ2n) is 10.3. The molecular weight excluding hydrogens is 510 g/mol. The smallest absolute Gasteiger partial charge is 0.271 e. The van der Waals surface area contributed by atoms with E-state index in [1.165, 1.54) is 16.9 Å². The number of carbonyl (C=O) groups is 1. The Hall–Kier alpha value is -3.21. The quantitative estimate of drug-likeness (QED) is 0.414. The number of para-hydroxylation sites is 1. The largest absolute Gasteiger partial charge is 0.454 e. The standard InChI is InChI=1S/C27H32ClN5O5/c1-27(2)36-17-20(38-27)16-32-12-11-24(31-32)30-26(35)22(13-18-7-3-4-8-18)33-25(34)14-19(15-29-33)37-23-10-6-5-9-21(23)28/h5-6,9-12,14-15,18,20,22H,3-4,7-8,13,16-17H2,1-2H3,(H,30,31,35). The summed E-state index contributed by atoms with van der Waals surface area (Å²) >= 11 is 6.17. The second-order valence-corrected chi connectivity index (χ2v) is 10.7. The van der Waals surface area contributed by atoms with Gasteiger partial charge in [0, 0.05) is 18.3 Å². The van der Waals surface area contributed by atoms with Crippen LogP contribution in [0.3, 0.4) is 0 Å². The molecule has 0 spiro atoms. The van der Waals surface area contributed by atoms with Crippen molar-refractivity contribution in [1.82, 2.24) is 19.6 Å². The zero-order chi connectivity index (χ0) is 26.7. The van der Waals surface area contributed by atoms with Crippen LogP contribution in [0.2, 0.25) is 5.02 Å². The summed E-state index contributed by atoms with van der Waals surface area (Å²) < 4.78 is 20.1. The lowest BCUT2D eigenvalue weighted by molar-refractivity contribution is -0.139. The number of aromatic nitrogens is 4. The van der Waals surface area contributed by atoms with Crippen LogP contribution in [0.4, 0.5) is 5.82 Å². The highest BCUT2D eigenvalue weighted by Gasteiger charge is 2.33. The Morgan fingerprint density at radius 2 is 2.05 bits per heavy atom. The molecule has 3 aromatic rings.